The summed E-state index contributed by atoms with van der Waals surface area (Å²) >= 11 is 5.25. The van der Waals surface area contributed by atoms with Crippen molar-refractivity contribution in [3.05, 3.63) is 33.9 Å². The Morgan fingerprint density at radius 2 is 2.24 bits per heavy atom. The monoisotopic (exact) mass is 255 g/mol. The second-order valence-corrected chi connectivity index (χ2v) is 3.85. The van der Waals surface area contributed by atoms with Crippen LogP contribution in [-0.2, 0) is 4.79 Å². The van der Waals surface area contributed by atoms with Crippen LogP contribution in [0, 0.1) is 10.1 Å². The first kappa shape index (κ1) is 11.5. The molecular weight excluding hydrogens is 250 g/mol. The molecule has 17 heavy (non-hydrogen) atoms. The quantitative estimate of drug-likeness (QED) is 0.456. The first-order valence-electron chi connectivity index (χ1n) is 4.66. The Morgan fingerprint density at radius 1 is 1.53 bits per heavy atom. The topological polar surface area (TPSA) is 86.5 Å². The summed E-state index contributed by atoms with van der Waals surface area (Å²) in [5, 5.41) is 9.78. The largest absolute Gasteiger partial charge is 0.480 e. The van der Waals surface area contributed by atoms with E-state index in [2.05, 4.69) is 0 Å². The number of halogens is 1. The third-order valence-corrected chi connectivity index (χ3v) is 2.61. The molecule has 1 heterocycles. The summed E-state index contributed by atoms with van der Waals surface area (Å²) in [5.74, 6) is -0.250. The molecule has 0 aromatic heterocycles. The fourth-order valence-electron chi connectivity index (χ4n) is 1.55. The highest BCUT2D eigenvalue weighted by molar-refractivity contribution is 6.64. The van der Waals surface area contributed by atoms with Crippen LogP contribution in [0.2, 0.25) is 0 Å². The maximum atomic E-state index is 11.7. The Morgan fingerprint density at radius 3 is 2.82 bits per heavy atom. The molecule has 7 heteroatoms. The Balaban J connectivity index is 2.42. The zero-order valence-corrected chi connectivity index (χ0v) is 9.14. The van der Waals surface area contributed by atoms with Crippen molar-refractivity contribution in [2.24, 2.45) is 0 Å². The van der Waals surface area contributed by atoms with Crippen LogP contribution < -0.4 is 4.74 Å². The molecule has 0 saturated heterocycles. The zero-order chi connectivity index (χ0) is 12.6. The van der Waals surface area contributed by atoms with Crippen molar-refractivity contribution in [1.29, 1.82) is 0 Å². The Kier molecular flexibility index (Phi) is 2.81. The summed E-state index contributed by atoms with van der Waals surface area (Å²) in [7, 11) is 0. The molecule has 1 aromatic rings. The Bertz CT molecular complexity index is 527. The predicted molar refractivity (Wildman–Crippen MR) is 57.3 cm³/mol. The fourth-order valence-corrected chi connectivity index (χ4v) is 1.67. The minimum Gasteiger partial charge on any atom is -0.480 e. The third-order valence-electron chi connectivity index (χ3n) is 2.37. The van der Waals surface area contributed by atoms with Crippen LogP contribution in [0.4, 0.5) is 5.69 Å². The molecule has 0 spiro atoms. The van der Waals surface area contributed by atoms with Crippen molar-refractivity contribution >= 4 is 28.3 Å². The van der Waals surface area contributed by atoms with Gasteiger partial charge in [0.15, 0.2) is 11.9 Å². The lowest BCUT2D eigenvalue weighted by molar-refractivity contribution is -0.384. The number of carbonyl (C=O) groups excluding carboxylic acids is 2. The van der Waals surface area contributed by atoms with Gasteiger partial charge in [-0.3, -0.25) is 19.7 Å². The van der Waals surface area contributed by atoms with Gasteiger partial charge in [0.05, 0.1) is 16.9 Å². The smallest absolute Gasteiger partial charge is 0.270 e. The van der Waals surface area contributed by atoms with Crippen LogP contribution in [0.1, 0.15) is 16.8 Å². The molecule has 1 unspecified atom stereocenters. The molecule has 0 radical (unpaired) electrons. The number of nitro benzene ring substituents is 1. The van der Waals surface area contributed by atoms with E-state index in [-0.39, 0.29) is 23.4 Å². The molecule has 0 fully saturated rings. The number of ether oxygens (including phenoxy) is 1. The molecule has 0 amide bonds. The van der Waals surface area contributed by atoms with Crippen molar-refractivity contribution in [3.63, 3.8) is 0 Å². The molecule has 0 bridgehead atoms. The molecule has 0 saturated carbocycles. The van der Waals surface area contributed by atoms with Crippen LogP contribution in [-0.4, -0.2) is 22.1 Å². The van der Waals surface area contributed by atoms with Gasteiger partial charge in [-0.25, -0.2) is 0 Å². The van der Waals surface area contributed by atoms with E-state index in [1.165, 1.54) is 12.1 Å². The summed E-state index contributed by atoms with van der Waals surface area (Å²) in [6.07, 6.45) is -1.21. The van der Waals surface area contributed by atoms with Crippen molar-refractivity contribution in [3.8, 4) is 5.75 Å². The van der Waals surface area contributed by atoms with Gasteiger partial charge in [0, 0.05) is 12.1 Å². The lowest BCUT2D eigenvalue weighted by atomic mass is 10.0. The lowest BCUT2D eigenvalue weighted by Crippen LogP contribution is -2.31. The highest BCUT2D eigenvalue weighted by Crippen LogP contribution is 2.31. The summed E-state index contributed by atoms with van der Waals surface area (Å²) in [6, 6.07) is 3.62. The highest BCUT2D eigenvalue weighted by atomic mass is 35.5. The van der Waals surface area contributed by atoms with E-state index in [1.807, 2.05) is 0 Å². The van der Waals surface area contributed by atoms with Gasteiger partial charge < -0.3 is 4.74 Å². The number of Topliss-reactive ketones (excluding diaryl/α,β-unsaturated/α-hetero) is 1. The van der Waals surface area contributed by atoms with E-state index in [1.54, 1.807) is 0 Å². The average molecular weight is 256 g/mol. The van der Waals surface area contributed by atoms with Crippen molar-refractivity contribution in [1.82, 2.24) is 0 Å². The van der Waals surface area contributed by atoms with Crippen LogP contribution in [0.5, 0.6) is 5.75 Å². The molecule has 6 nitrogen and oxygen atoms in total. The van der Waals surface area contributed by atoms with Crippen molar-refractivity contribution in [2.75, 3.05) is 0 Å². The predicted octanol–water partition coefficient (Wildman–Crippen LogP) is 1.69. The molecule has 88 valence electrons. The van der Waals surface area contributed by atoms with Crippen molar-refractivity contribution < 1.29 is 19.2 Å². The molecule has 1 aliphatic rings. The van der Waals surface area contributed by atoms with Crippen LogP contribution in [0.3, 0.4) is 0 Å². The summed E-state index contributed by atoms with van der Waals surface area (Å²) in [6.45, 7) is 0. The van der Waals surface area contributed by atoms with Gasteiger partial charge in [-0.2, -0.15) is 0 Å². The number of fused-ring (bicyclic) bond motifs is 1. The number of nitrogens with zero attached hydrogens (tertiary/aromatic N) is 1. The first-order chi connectivity index (χ1) is 7.99. The van der Waals surface area contributed by atoms with E-state index in [4.69, 9.17) is 16.3 Å². The van der Waals surface area contributed by atoms with Gasteiger partial charge >= 0.3 is 0 Å². The number of ketones is 1. The number of nitro groups is 1. The van der Waals surface area contributed by atoms with E-state index in [0.717, 1.165) is 6.07 Å². The molecule has 2 rings (SSSR count). The fraction of sp³-hybridized carbons (Fsp3) is 0.200. The van der Waals surface area contributed by atoms with E-state index in [0.29, 0.717) is 0 Å². The third kappa shape index (κ3) is 2.12. The standard InChI is InChI=1S/C10H6ClNO5/c11-10(14)9-4-7(13)6-3-5(12(15)16)1-2-8(6)17-9/h1-3,9H,4H2. The van der Waals surface area contributed by atoms with Crippen LogP contribution >= 0.6 is 11.6 Å². The van der Waals surface area contributed by atoms with E-state index < -0.39 is 22.1 Å². The summed E-state index contributed by atoms with van der Waals surface area (Å²) in [5.41, 5.74) is -0.0929. The number of benzene rings is 1. The SMILES string of the molecule is O=C1CC(C(=O)Cl)Oc2ccc([N+](=O)[O-])cc21. The Labute approximate surface area is 100 Å². The minimum atomic E-state index is -1.02. The number of non-ortho nitro benzene ring substituents is 1. The molecule has 1 atom stereocenters. The number of hydrogen-bond acceptors (Lipinski definition) is 5. The van der Waals surface area contributed by atoms with Gasteiger partial charge in [0.25, 0.3) is 10.9 Å². The van der Waals surface area contributed by atoms with Gasteiger partial charge in [-0.05, 0) is 17.7 Å². The van der Waals surface area contributed by atoms with Gasteiger partial charge in [-0.1, -0.05) is 0 Å². The molecule has 1 aliphatic heterocycles. The summed E-state index contributed by atoms with van der Waals surface area (Å²) < 4.78 is 5.17. The summed E-state index contributed by atoms with van der Waals surface area (Å²) in [4.78, 5) is 32.5. The second-order valence-electron chi connectivity index (χ2n) is 3.48. The molecular formula is C10H6ClNO5. The Hall–Kier alpha value is -1.95. The number of carbonyl (C=O) groups is 2. The van der Waals surface area contributed by atoms with E-state index >= 15 is 0 Å². The van der Waals surface area contributed by atoms with Gasteiger partial charge in [0.1, 0.15) is 5.75 Å². The molecule has 1 aromatic carbocycles. The normalized spacial score (nSPS) is 18.2. The maximum Gasteiger partial charge on any atom is 0.270 e. The lowest BCUT2D eigenvalue weighted by Gasteiger charge is -2.21. The number of rotatable bonds is 2. The van der Waals surface area contributed by atoms with E-state index in [9.17, 15) is 19.7 Å². The highest BCUT2D eigenvalue weighted by Gasteiger charge is 2.31. The molecule has 0 aliphatic carbocycles. The average Bonchev–Trinajstić information content (AvgIpc) is 2.28. The van der Waals surface area contributed by atoms with Crippen LogP contribution in [0.25, 0.3) is 0 Å². The minimum absolute atomic E-state index is 0.105. The van der Waals surface area contributed by atoms with Crippen molar-refractivity contribution in [2.45, 2.75) is 12.5 Å². The number of hydrogen-bond donors (Lipinski definition) is 0. The first-order valence-corrected chi connectivity index (χ1v) is 5.04. The van der Waals surface area contributed by atoms with Crippen LogP contribution in [0.15, 0.2) is 18.2 Å². The molecule has 0 N–H and O–H groups in total. The second kappa shape index (κ2) is 4.14. The zero-order valence-electron chi connectivity index (χ0n) is 8.38. The van der Waals surface area contributed by atoms with Gasteiger partial charge in [-0.15, -0.1) is 0 Å². The van der Waals surface area contributed by atoms with Gasteiger partial charge in [0.2, 0.25) is 0 Å². The maximum absolute atomic E-state index is 11.7.